The van der Waals surface area contributed by atoms with E-state index in [4.69, 9.17) is 11.6 Å². The minimum Gasteiger partial charge on any atom is -0.321 e. The first-order chi connectivity index (χ1) is 9.00. The summed E-state index contributed by atoms with van der Waals surface area (Å²) < 4.78 is 1.89. The van der Waals surface area contributed by atoms with Crippen molar-refractivity contribution in [2.75, 3.05) is 6.54 Å². The Morgan fingerprint density at radius 1 is 1.26 bits per heavy atom. The number of benzene rings is 1. The second kappa shape index (κ2) is 5.76. The number of hydrogen-bond acceptors (Lipinski definition) is 2. The Hall–Kier alpha value is -1.32. The van der Waals surface area contributed by atoms with E-state index in [0.29, 0.717) is 5.15 Å². The molecule has 0 saturated carbocycles. The third kappa shape index (κ3) is 3.37. The van der Waals surface area contributed by atoms with Crippen LogP contribution in [0.2, 0.25) is 5.15 Å². The topological polar surface area (TPSA) is 29.9 Å². The minimum atomic E-state index is 0.0935. The number of imidazole rings is 1. The number of nitrogens with one attached hydrogen (secondary N) is 1. The van der Waals surface area contributed by atoms with Gasteiger partial charge >= 0.3 is 0 Å². The smallest absolute Gasteiger partial charge is 0.128 e. The second-order valence-electron chi connectivity index (χ2n) is 5.41. The maximum absolute atomic E-state index is 5.97. The first kappa shape index (κ1) is 14.1. The molecule has 19 heavy (non-hydrogen) atoms. The number of halogens is 1. The highest BCUT2D eigenvalue weighted by Gasteiger charge is 2.19. The van der Waals surface area contributed by atoms with Gasteiger partial charge in [-0.05, 0) is 5.56 Å². The van der Waals surface area contributed by atoms with Crippen LogP contribution >= 0.6 is 11.6 Å². The fourth-order valence-corrected chi connectivity index (χ4v) is 2.21. The van der Waals surface area contributed by atoms with E-state index in [0.717, 1.165) is 18.9 Å². The van der Waals surface area contributed by atoms with Crippen LogP contribution in [0.5, 0.6) is 0 Å². The summed E-state index contributed by atoms with van der Waals surface area (Å²) >= 11 is 5.97. The molecule has 0 bridgehead atoms. The summed E-state index contributed by atoms with van der Waals surface area (Å²) in [4.78, 5) is 4.28. The molecule has 2 rings (SSSR count). The van der Waals surface area contributed by atoms with E-state index in [1.807, 2.05) is 17.7 Å². The molecule has 1 heterocycles. The van der Waals surface area contributed by atoms with Gasteiger partial charge in [-0.2, -0.15) is 0 Å². The van der Waals surface area contributed by atoms with Crippen molar-refractivity contribution in [2.24, 2.45) is 7.05 Å². The summed E-state index contributed by atoms with van der Waals surface area (Å²) in [5.41, 5.74) is 1.43. The van der Waals surface area contributed by atoms with Crippen molar-refractivity contribution >= 4 is 11.6 Å². The summed E-state index contributed by atoms with van der Waals surface area (Å²) in [6.07, 6.45) is 1.68. The van der Waals surface area contributed by atoms with Gasteiger partial charge in [0.15, 0.2) is 0 Å². The Labute approximate surface area is 119 Å². The molecule has 0 aliphatic rings. The average molecular weight is 278 g/mol. The highest BCUT2D eigenvalue weighted by atomic mass is 35.5. The van der Waals surface area contributed by atoms with Crippen molar-refractivity contribution in [3.8, 4) is 0 Å². The molecule has 1 aromatic heterocycles. The molecule has 0 unspecified atom stereocenters. The monoisotopic (exact) mass is 277 g/mol. The van der Waals surface area contributed by atoms with Crippen LogP contribution in [0, 0.1) is 0 Å². The molecular formula is C15H20ClN3. The predicted octanol–water partition coefficient (Wildman–Crippen LogP) is 3.14. The van der Waals surface area contributed by atoms with Crippen LogP contribution in [-0.4, -0.2) is 16.1 Å². The Bertz CT molecular complexity index is 532. The molecule has 3 nitrogen and oxygen atoms in total. The number of nitrogens with zero attached hydrogens (tertiary/aromatic N) is 2. The van der Waals surface area contributed by atoms with Crippen LogP contribution in [0.25, 0.3) is 0 Å². The van der Waals surface area contributed by atoms with Gasteiger partial charge in [-0.25, -0.2) is 4.98 Å². The molecular weight excluding hydrogens is 258 g/mol. The zero-order valence-corrected chi connectivity index (χ0v) is 12.4. The Balaban J connectivity index is 1.94. The quantitative estimate of drug-likeness (QED) is 0.910. The van der Waals surface area contributed by atoms with Crippen molar-refractivity contribution in [1.82, 2.24) is 14.9 Å². The van der Waals surface area contributed by atoms with Gasteiger partial charge in [-0.15, -0.1) is 0 Å². The summed E-state index contributed by atoms with van der Waals surface area (Å²) in [6, 6.07) is 10.5. The van der Waals surface area contributed by atoms with Gasteiger partial charge in [0, 0.05) is 19.0 Å². The van der Waals surface area contributed by atoms with Crippen LogP contribution in [0.4, 0.5) is 0 Å². The fourth-order valence-electron chi connectivity index (χ4n) is 2.07. The highest BCUT2D eigenvalue weighted by molar-refractivity contribution is 6.29. The van der Waals surface area contributed by atoms with Gasteiger partial charge in [-0.1, -0.05) is 55.8 Å². The van der Waals surface area contributed by atoms with E-state index in [9.17, 15) is 0 Å². The van der Waals surface area contributed by atoms with Crippen molar-refractivity contribution in [1.29, 1.82) is 0 Å². The number of hydrogen-bond donors (Lipinski definition) is 1. The molecule has 0 amide bonds. The molecule has 0 aliphatic heterocycles. The summed E-state index contributed by atoms with van der Waals surface area (Å²) in [6.45, 7) is 6.09. The van der Waals surface area contributed by atoms with Crippen LogP contribution in [0.15, 0.2) is 36.5 Å². The molecule has 0 radical (unpaired) electrons. The van der Waals surface area contributed by atoms with Crippen molar-refractivity contribution in [3.05, 3.63) is 53.1 Å². The summed E-state index contributed by atoms with van der Waals surface area (Å²) in [5.74, 6) is 0.953. The third-order valence-electron chi connectivity index (χ3n) is 3.43. The lowest BCUT2D eigenvalue weighted by molar-refractivity contribution is 0.461. The van der Waals surface area contributed by atoms with Gasteiger partial charge in [-0.3, -0.25) is 0 Å². The number of rotatable bonds is 5. The lowest BCUT2D eigenvalue weighted by Gasteiger charge is -2.25. The Morgan fingerprint density at radius 3 is 2.53 bits per heavy atom. The molecule has 0 saturated heterocycles. The van der Waals surface area contributed by atoms with Gasteiger partial charge < -0.3 is 9.88 Å². The maximum Gasteiger partial charge on any atom is 0.128 e. The zero-order valence-electron chi connectivity index (χ0n) is 11.7. The standard InChI is InChI=1S/C15H20ClN3/c1-15(2,12-7-5-4-6-8-12)11-17-10-14-18-9-13(16)19(14)3/h4-9,17H,10-11H2,1-3H3. The fraction of sp³-hybridized carbons (Fsp3) is 0.400. The molecule has 1 aromatic carbocycles. The molecule has 0 atom stereocenters. The van der Waals surface area contributed by atoms with E-state index in [1.165, 1.54) is 5.56 Å². The molecule has 0 fully saturated rings. The lowest BCUT2D eigenvalue weighted by atomic mass is 9.85. The Kier molecular flexibility index (Phi) is 4.27. The van der Waals surface area contributed by atoms with Gasteiger partial charge in [0.05, 0.1) is 12.7 Å². The average Bonchev–Trinajstić information content (AvgIpc) is 2.72. The molecule has 0 spiro atoms. The van der Waals surface area contributed by atoms with E-state index >= 15 is 0 Å². The first-order valence-electron chi connectivity index (χ1n) is 6.43. The SMILES string of the molecule is Cn1c(Cl)cnc1CNCC(C)(C)c1ccccc1. The molecule has 102 valence electrons. The molecule has 4 heteroatoms. The van der Waals surface area contributed by atoms with Crippen LogP contribution in [0.1, 0.15) is 25.2 Å². The Morgan fingerprint density at radius 2 is 1.95 bits per heavy atom. The minimum absolute atomic E-state index is 0.0935. The van der Waals surface area contributed by atoms with Crippen molar-refractivity contribution in [2.45, 2.75) is 25.8 Å². The largest absolute Gasteiger partial charge is 0.321 e. The zero-order chi connectivity index (χ0) is 13.9. The van der Waals surface area contributed by atoms with E-state index in [1.54, 1.807) is 6.20 Å². The third-order valence-corrected chi connectivity index (χ3v) is 3.78. The number of aromatic nitrogens is 2. The van der Waals surface area contributed by atoms with Gasteiger partial charge in [0.2, 0.25) is 0 Å². The maximum atomic E-state index is 5.97. The predicted molar refractivity (Wildman–Crippen MR) is 79.4 cm³/mol. The van der Waals surface area contributed by atoms with E-state index < -0.39 is 0 Å². The van der Waals surface area contributed by atoms with E-state index in [2.05, 4.69) is 48.4 Å². The van der Waals surface area contributed by atoms with E-state index in [-0.39, 0.29) is 5.41 Å². The van der Waals surface area contributed by atoms with Crippen molar-refractivity contribution in [3.63, 3.8) is 0 Å². The van der Waals surface area contributed by atoms with Crippen LogP contribution in [0.3, 0.4) is 0 Å². The van der Waals surface area contributed by atoms with Crippen molar-refractivity contribution < 1.29 is 0 Å². The molecule has 0 aliphatic carbocycles. The second-order valence-corrected chi connectivity index (χ2v) is 5.80. The molecule has 2 aromatic rings. The highest BCUT2D eigenvalue weighted by Crippen LogP contribution is 2.21. The van der Waals surface area contributed by atoms with Crippen LogP contribution in [-0.2, 0) is 19.0 Å². The summed E-state index contributed by atoms with van der Waals surface area (Å²) in [7, 11) is 1.93. The van der Waals surface area contributed by atoms with Gasteiger partial charge in [0.1, 0.15) is 11.0 Å². The summed E-state index contributed by atoms with van der Waals surface area (Å²) in [5, 5.41) is 4.12. The molecule has 1 N–H and O–H groups in total. The first-order valence-corrected chi connectivity index (χ1v) is 6.81. The van der Waals surface area contributed by atoms with Crippen LogP contribution < -0.4 is 5.32 Å². The lowest BCUT2D eigenvalue weighted by Crippen LogP contribution is -2.33. The van der Waals surface area contributed by atoms with Gasteiger partial charge in [0.25, 0.3) is 0 Å². The normalized spacial score (nSPS) is 11.8.